The fraction of sp³-hybridized carbons (Fsp3) is 0.214. The molecule has 1 atom stereocenters. The average Bonchev–Trinajstić information content (AvgIpc) is 2.46. The van der Waals surface area contributed by atoms with Crippen molar-refractivity contribution in [3.63, 3.8) is 0 Å². The molecule has 1 N–H and O–H groups in total. The third-order valence-corrected chi connectivity index (χ3v) is 3.74. The molecule has 1 aromatic heterocycles. The maximum Gasteiger partial charge on any atom is 0.251 e. The third-order valence-electron chi connectivity index (χ3n) is 2.76. The fourth-order valence-corrected chi connectivity index (χ4v) is 2.56. The molecule has 0 radical (unpaired) electrons. The second kappa shape index (κ2) is 6.38. The van der Waals surface area contributed by atoms with Crippen molar-refractivity contribution in [3.05, 3.63) is 52.9 Å². The van der Waals surface area contributed by atoms with Crippen LogP contribution in [0.1, 0.15) is 6.92 Å². The zero-order valence-corrected chi connectivity index (χ0v) is 12.1. The Hall–Kier alpha value is -2.08. The first-order valence-electron chi connectivity index (χ1n) is 6.12. The van der Waals surface area contributed by atoms with Gasteiger partial charge >= 0.3 is 0 Å². The first kappa shape index (κ1) is 14.3. The molecule has 6 heteroatoms. The van der Waals surface area contributed by atoms with Gasteiger partial charge in [-0.25, -0.2) is 4.98 Å². The number of hydrogen-bond donors (Lipinski definition) is 1. The van der Waals surface area contributed by atoms with E-state index in [9.17, 15) is 9.59 Å². The van der Waals surface area contributed by atoms with Crippen LogP contribution in [0.5, 0.6) is 0 Å². The summed E-state index contributed by atoms with van der Waals surface area (Å²) in [4.78, 5) is 31.7. The molecule has 0 saturated carbocycles. The van der Waals surface area contributed by atoms with E-state index in [0.717, 1.165) is 5.69 Å². The lowest BCUT2D eigenvalue weighted by Crippen LogP contribution is -2.33. The van der Waals surface area contributed by atoms with Crippen LogP contribution in [0, 0.1) is 0 Å². The van der Waals surface area contributed by atoms with Gasteiger partial charge < -0.3 is 9.88 Å². The van der Waals surface area contributed by atoms with Crippen molar-refractivity contribution in [2.24, 2.45) is 0 Å². The van der Waals surface area contributed by atoms with Gasteiger partial charge in [-0.15, -0.1) is 0 Å². The lowest BCUT2D eigenvalue weighted by Gasteiger charge is -2.20. The van der Waals surface area contributed by atoms with Crippen LogP contribution in [-0.4, -0.2) is 28.2 Å². The molecule has 0 aliphatic carbocycles. The molecule has 2 rings (SSSR count). The van der Waals surface area contributed by atoms with Crippen molar-refractivity contribution in [1.82, 2.24) is 9.97 Å². The van der Waals surface area contributed by atoms with Crippen molar-refractivity contribution < 1.29 is 4.79 Å². The number of aromatic nitrogens is 2. The van der Waals surface area contributed by atoms with Crippen LogP contribution in [-0.2, 0) is 4.79 Å². The molecular weight excluding hydrogens is 274 g/mol. The van der Waals surface area contributed by atoms with Crippen molar-refractivity contribution in [3.8, 4) is 0 Å². The molecule has 0 fully saturated rings. The summed E-state index contributed by atoms with van der Waals surface area (Å²) >= 11 is 1.23. The molecule has 0 aliphatic rings. The Kier molecular flexibility index (Phi) is 4.57. The van der Waals surface area contributed by atoms with Gasteiger partial charge in [0.05, 0.1) is 5.25 Å². The topological polar surface area (TPSA) is 66.1 Å². The van der Waals surface area contributed by atoms with Gasteiger partial charge in [-0.3, -0.25) is 9.59 Å². The molecule has 5 nitrogen and oxygen atoms in total. The highest BCUT2D eigenvalue weighted by atomic mass is 32.2. The van der Waals surface area contributed by atoms with E-state index in [1.165, 1.54) is 24.0 Å². The van der Waals surface area contributed by atoms with E-state index >= 15 is 0 Å². The van der Waals surface area contributed by atoms with Crippen LogP contribution in [0.15, 0.2) is 52.5 Å². The van der Waals surface area contributed by atoms with E-state index in [4.69, 9.17) is 0 Å². The lowest BCUT2D eigenvalue weighted by atomic mass is 10.3. The van der Waals surface area contributed by atoms with Gasteiger partial charge in [-0.1, -0.05) is 30.0 Å². The number of benzene rings is 1. The summed E-state index contributed by atoms with van der Waals surface area (Å²) in [5.74, 6) is -0.0484. The quantitative estimate of drug-likeness (QED) is 0.690. The molecule has 0 spiro atoms. The number of carbonyl (C=O) groups excluding carboxylic acids is 1. The number of rotatable bonds is 4. The summed E-state index contributed by atoms with van der Waals surface area (Å²) in [6.07, 6.45) is 1.43. The van der Waals surface area contributed by atoms with Gasteiger partial charge in [0.2, 0.25) is 5.91 Å². The highest BCUT2D eigenvalue weighted by molar-refractivity contribution is 8.00. The maximum absolute atomic E-state index is 12.3. The number of thioether (sulfide) groups is 1. The van der Waals surface area contributed by atoms with E-state index in [0.29, 0.717) is 5.16 Å². The van der Waals surface area contributed by atoms with Crippen LogP contribution >= 0.6 is 11.8 Å². The molecule has 0 saturated heterocycles. The largest absolute Gasteiger partial charge is 0.315 e. The number of anilines is 1. The molecule has 0 bridgehead atoms. The minimum Gasteiger partial charge on any atom is -0.315 e. The van der Waals surface area contributed by atoms with Crippen LogP contribution in [0.25, 0.3) is 0 Å². The molecule has 1 heterocycles. The van der Waals surface area contributed by atoms with Crippen LogP contribution < -0.4 is 10.5 Å². The highest BCUT2D eigenvalue weighted by Gasteiger charge is 2.20. The second-order valence-electron chi connectivity index (χ2n) is 4.23. The predicted octanol–water partition coefficient (Wildman–Crippen LogP) is 1.91. The number of aromatic amines is 1. The van der Waals surface area contributed by atoms with E-state index < -0.39 is 0 Å². The van der Waals surface area contributed by atoms with Crippen molar-refractivity contribution >= 4 is 23.4 Å². The minimum absolute atomic E-state index is 0.0484. The minimum atomic E-state index is -0.342. The normalized spacial score (nSPS) is 11.9. The SMILES string of the molecule is C[C@H](Sc1nccc(=O)[nH]1)C(=O)N(C)c1ccccc1. The Morgan fingerprint density at radius 2 is 2.00 bits per heavy atom. The molecule has 20 heavy (non-hydrogen) atoms. The number of H-pyrrole nitrogens is 1. The van der Waals surface area contributed by atoms with Gasteiger partial charge in [0.25, 0.3) is 5.56 Å². The lowest BCUT2D eigenvalue weighted by molar-refractivity contribution is -0.117. The average molecular weight is 289 g/mol. The Bertz CT molecular complexity index is 642. The summed E-state index contributed by atoms with van der Waals surface area (Å²) in [6, 6.07) is 10.8. The highest BCUT2D eigenvalue weighted by Crippen LogP contribution is 2.21. The summed E-state index contributed by atoms with van der Waals surface area (Å²) < 4.78 is 0. The Balaban J connectivity index is 2.07. The molecule has 0 aliphatic heterocycles. The Labute approximate surface area is 121 Å². The summed E-state index contributed by atoms with van der Waals surface area (Å²) in [6.45, 7) is 1.79. The number of carbonyl (C=O) groups is 1. The maximum atomic E-state index is 12.3. The number of nitrogens with zero attached hydrogens (tertiary/aromatic N) is 2. The van der Waals surface area contributed by atoms with Crippen LogP contribution in [0.2, 0.25) is 0 Å². The summed E-state index contributed by atoms with van der Waals surface area (Å²) in [5.41, 5.74) is 0.609. The number of amides is 1. The first-order chi connectivity index (χ1) is 9.58. The molecule has 0 unspecified atom stereocenters. The molecule has 1 amide bonds. The predicted molar refractivity (Wildman–Crippen MR) is 80.0 cm³/mol. The fourth-order valence-electron chi connectivity index (χ4n) is 1.68. The zero-order valence-electron chi connectivity index (χ0n) is 11.2. The number of hydrogen-bond acceptors (Lipinski definition) is 4. The number of para-hydroxylation sites is 1. The smallest absolute Gasteiger partial charge is 0.251 e. The van der Waals surface area contributed by atoms with Gasteiger partial charge in [0.1, 0.15) is 0 Å². The summed E-state index contributed by atoms with van der Waals surface area (Å²) in [7, 11) is 1.73. The molecule has 2 aromatic rings. The second-order valence-corrected chi connectivity index (χ2v) is 5.56. The summed E-state index contributed by atoms with van der Waals surface area (Å²) in [5, 5.41) is 0.102. The first-order valence-corrected chi connectivity index (χ1v) is 7.00. The van der Waals surface area contributed by atoms with E-state index in [1.54, 1.807) is 18.9 Å². The van der Waals surface area contributed by atoms with Crippen molar-refractivity contribution in [2.75, 3.05) is 11.9 Å². The van der Waals surface area contributed by atoms with E-state index in [-0.39, 0.29) is 16.7 Å². The van der Waals surface area contributed by atoms with Gasteiger partial charge in [-0.2, -0.15) is 0 Å². The Morgan fingerprint density at radius 1 is 1.30 bits per heavy atom. The van der Waals surface area contributed by atoms with E-state index in [2.05, 4.69) is 9.97 Å². The van der Waals surface area contributed by atoms with E-state index in [1.807, 2.05) is 30.3 Å². The van der Waals surface area contributed by atoms with Gasteiger partial charge in [0.15, 0.2) is 5.16 Å². The number of nitrogens with one attached hydrogen (secondary N) is 1. The monoisotopic (exact) mass is 289 g/mol. The zero-order chi connectivity index (χ0) is 14.5. The van der Waals surface area contributed by atoms with Crippen LogP contribution in [0.4, 0.5) is 5.69 Å². The molecular formula is C14H15N3O2S. The van der Waals surface area contributed by atoms with Gasteiger partial charge in [0, 0.05) is 25.0 Å². The standard InChI is InChI=1S/C14H15N3O2S/c1-10(20-14-15-9-8-12(18)16-14)13(19)17(2)11-6-4-3-5-7-11/h3-10H,1-2H3,(H,15,16,18)/t10-/m0/s1. The van der Waals surface area contributed by atoms with Crippen LogP contribution in [0.3, 0.4) is 0 Å². The molecule has 104 valence electrons. The Morgan fingerprint density at radius 3 is 2.65 bits per heavy atom. The van der Waals surface area contributed by atoms with Crippen molar-refractivity contribution in [1.29, 1.82) is 0 Å². The third kappa shape index (κ3) is 3.48. The molecule has 1 aromatic carbocycles. The van der Waals surface area contributed by atoms with Crippen molar-refractivity contribution in [2.45, 2.75) is 17.3 Å². The van der Waals surface area contributed by atoms with Gasteiger partial charge in [-0.05, 0) is 19.1 Å².